The second-order valence-corrected chi connectivity index (χ2v) is 13.3. The molecule has 1 aliphatic rings. The molecule has 2 atom stereocenters. The monoisotopic (exact) mass is 726 g/mol. The lowest BCUT2D eigenvalue weighted by atomic mass is 10.00. The predicted molar refractivity (Wildman–Crippen MR) is 185 cm³/mol. The maximum absolute atomic E-state index is 14.8. The van der Waals surface area contributed by atoms with Crippen molar-refractivity contribution in [3.8, 4) is 11.5 Å². The fraction of sp³-hybridized carbons (Fsp3) is 0.421. The van der Waals surface area contributed by atoms with E-state index in [0.29, 0.717) is 41.8 Å². The Labute approximate surface area is 301 Å². The summed E-state index contributed by atoms with van der Waals surface area (Å²) in [6.07, 6.45) is -0.695. The van der Waals surface area contributed by atoms with Gasteiger partial charge in [0, 0.05) is 38.4 Å². The van der Waals surface area contributed by atoms with Gasteiger partial charge in [-0.15, -0.1) is 0 Å². The molecule has 1 saturated heterocycles. The highest BCUT2D eigenvalue weighted by molar-refractivity contribution is 6.11. The number of ether oxygens (including phenoxy) is 6. The minimum Gasteiger partial charge on any atom is -0.467 e. The molecule has 3 aromatic carbocycles. The van der Waals surface area contributed by atoms with E-state index in [-0.39, 0.29) is 37.0 Å². The van der Waals surface area contributed by atoms with Gasteiger partial charge in [-0.1, -0.05) is 12.1 Å². The Bertz CT molecular complexity index is 1750. The van der Waals surface area contributed by atoms with E-state index in [2.05, 4.69) is 5.32 Å². The third-order valence-corrected chi connectivity index (χ3v) is 8.05. The second-order valence-electron chi connectivity index (χ2n) is 13.3. The zero-order valence-electron chi connectivity index (χ0n) is 30.3. The molecule has 0 spiro atoms. The summed E-state index contributed by atoms with van der Waals surface area (Å²) in [4.78, 5) is 55.0. The van der Waals surface area contributed by atoms with Crippen LogP contribution in [-0.2, 0) is 18.9 Å². The lowest BCUT2D eigenvalue weighted by molar-refractivity contribution is 0.0127. The number of carbonyl (C=O) groups excluding carboxylic acids is 4. The molecule has 12 nitrogen and oxygen atoms in total. The number of amides is 2. The van der Waals surface area contributed by atoms with Crippen LogP contribution in [0.3, 0.4) is 0 Å². The number of aryl methyl sites for hydroxylation is 2. The Morgan fingerprint density at radius 3 is 2.10 bits per heavy atom. The van der Waals surface area contributed by atoms with Gasteiger partial charge in [0.1, 0.15) is 28.8 Å². The molecule has 14 heteroatoms. The molecular formula is C38H44F2N2O10. The fourth-order valence-corrected chi connectivity index (χ4v) is 5.68. The van der Waals surface area contributed by atoms with Crippen molar-refractivity contribution in [3.63, 3.8) is 0 Å². The second kappa shape index (κ2) is 17.4. The molecule has 1 heterocycles. The zero-order chi connectivity index (χ0) is 38.2. The molecule has 0 radical (unpaired) electrons. The van der Waals surface area contributed by atoms with Crippen LogP contribution in [0.5, 0.6) is 11.5 Å². The highest BCUT2D eigenvalue weighted by Gasteiger charge is 2.35. The largest absolute Gasteiger partial charge is 0.467 e. The first-order chi connectivity index (χ1) is 24.6. The minimum atomic E-state index is -1.38. The van der Waals surface area contributed by atoms with Crippen molar-refractivity contribution in [3.05, 3.63) is 93.5 Å². The Morgan fingerprint density at radius 1 is 0.865 bits per heavy atom. The van der Waals surface area contributed by atoms with Crippen LogP contribution in [0.15, 0.2) is 48.5 Å². The van der Waals surface area contributed by atoms with Gasteiger partial charge in [-0.3, -0.25) is 9.59 Å². The SMILES string of the molecule is COCOc1ccc(F)c(F)c1C(=O)c1ccc(C(=O)O[C@@H]2CCCN(C(=O)OC(C)(C)C)C[C@H]2NC(=O)c2cc(C)c(OCOC)c(C)c2)cc1. The summed E-state index contributed by atoms with van der Waals surface area (Å²) in [5.74, 6) is -4.34. The maximum Gasteiger partial charge on any atom is 0.410 e. The normalized spacial score (nSPS) is 16.1. The first kappa shape index (κ1) is 39.7. The molecule has 0 aliphatic carbocycles. The van der Waals surface area contributed by atoms with Gasteiger partial charge in [-0.05, 0) is 95.0 Å². The van der Waals surface area contributed by atoms with Crippen LogP contribution in [0.4, 0.5) is 13.6 Å². The number of hydrogen-bond acceptors (Lipinski definition) is 10. The standard InChI is InChI=1S/C38H44F2N2O10/c1-22-17-26(18-23(2)34(22)50-21-48-7)35(44)41-28-19-42(37(46)52-38(3,4)5)16-8-9-29(28)51-36(45)25-12-10-24(11-13-25)33(43)31-30(49-20-47-6)15-14-27(39)32(31)40/h10-15,17-18,28-29H,8-9,16,19-21H2,1-7H3,(H,41,44)/t28-,29-/m1/s1. The van der Waals surface area contributed by atoms with Gasteiger partial charge < -0.3 is 38.6 Å². The zero-order valence-corrected chi connectivity index (χ0v) is 30.3. The van der Waals surface area contributed by atoms with Crippen LogP contribution < -0.4 is 14.8 Å². The summed E-state index contributed by atoms with van der Waals surface area (Å²) in [5, 5.41) is 2.96. The van der Waals surface area contributed by atoms with E-state index in [9.17, 15) is 28.0 Å². The number of halogens is 2. The highest BCUT2D eigenvalue weighted by Crippen LogP contribution is 2.28. The molecule has 0 saturated carbocycles. The molecule has 3 aromatic rings. The lowest BCUT2D eigenvalue weighted by Crippen LogP contribution is -2.51. The van der Waals surface area contributed by atoms with Crippen LogP contribution in [0.2, 0.25) is 0 Å². The smallest absolute Gasteiger partial charge is 0.410 e. The molecule has 0 aromatic heterocycles. The number of likely N-dealkylation sites (tertiary alicyclic amines) is 1. The summed E-state index contributed by atoms with van der Waals surface area (Å²) >= 11 is 0. The molecule has 0 bridgehead atoms. The number of ketones is 1. The molecule has 280 valence electrons. The van der Waals surface area contributed by atoms with Crippen LogP contribution in [0, 0.1) is 25.5 Å². The summed E-state index contributed by atoms with van der Waals surface area (Å²) in [6.45, 7) is 8.88. The van der Waals surface area contributed by atoms with E-state index < -0.39 is 58.7 Å². The predicted octanol–water partition coefficient (Wildman–Crippen LogP) is 6.13. The van der Waals surface area contributed by atoms with Crippen LogP contribution in [0.1, 0.15) is 81.4 Å². The van der Waals surface area contributed by atoms with Crippen molar-refractivity contribution in [1.82, 2.24) is 10.2 Å². The summed E-state index contributed by atoms with van der Waals surface area (Å²) in [5.41, 5.74) is 0.389. The van der Waals surface area contributed by atoms with Gasteiger partial charge in [0.05, 0.1) is 11.6 Å². The van der Waals surface area contributed by atoms with Crippen LogP contribution in [0.25, 0.3) is 0 Å². The van der Waals surface area contributed by atoms with E-state index in [1.165, 1.54) is 43.4 Å². The topological polar surface area (TPSA) is 139 Å². The van der Waals surface area contributed by atoms with Crippen molar-refractivity contribution >= 4 is 23.8 Å². The number of hydrogen-bond donors (Lipinski definition) is 1. The van der Waals surface area contributed by atoms with Gasteiger partial charge in [0.25, 0.3) is 5.91 Å². The Hall–Kier alpha value is -5.08. The van der Waals surface area contributed by atoms with Crippen molar-refractivity contribution in [2.75, 3.05) is 40.9 Å². The summed E-state index contributed by atoms with van der Waals surface area (Å²) in [7, 11) is 2.84. The molecule has 1 aliphatic heterocycles. The van der Waals surface area contributed by atoms with Crippen LogP contribution >= 0.6 is 0 Å². The van der Waals surface area contributed by atoms with Gasteiger partial charge in [-0.2, -0.15) is 0 Å². The Balaban J connectivity index is 1.57. The van der Waals surface area contributed by atoms with E-state index >= 15 is 0 Å². The number of benzene rings is 3. The molecule has 1 fully saturated rings. The third kappa shape index (κ3) is 10.0. The Morgan fingerprint density at radius 2 is 1.48 bits per heavy atom. The molecule has 2 amide bonds. The fourth-order valence-electron chi connectivity index (χ4n) is 5.68. The van der Waals surface area contributed by atoms with E-state index in [1.807, 2.05) is 0 Å². The number of rotatable bonds is 12. The Kier molecular flexibility index (Phi) is 13.3. The highest BCUT2D eigenvalue weighted by atomic mass is 19.2. The number of methoxy groups -OCH3 is 2. The quantitative estimate of drug-likeness (QED) is 0.132. The summed E-state index contributed by atoms with van der Waals surface area (Å²) in [6, 6.07) is 9.66. The van der Waals surface area contributed by atoms with Crippen LogP contribution in [-0.4, -0.2) is 87.3 Å². The maximum atomic E-state index is 14.8. The third-order valence-electron chi connectivity index (χ3n) is 8.05. The van der Waals surface area contributed by atoms with Gasteiger partial charge in [0.15, 0.2) is 31.0 Å². The van der Waals surface area contributed by atoms with Crippen molar-refractivity contribution < 1.29 is 56.4 Å². The summed E-state index contributed by atoms with van der Waals surface area (Å²) < 4.78 is 61.1. The molecule has 0 unspecified atom stereocenters. The number of carbonyl (C=O) groups is 4. The average Bonchev–Trinajstić information content (AvgIpc) is 3.29. The number of nitrogens with one attached hydrogen (secondary N) is 1. The molecule has 1 N–H and O–H groups in total. The number of esters is 1. The minimum absolute atomic E-state index is 0.00822. The molecule has 52 heavy (non-hydrogen) atoms. The van der Waals surface area contributed by atoms with Gasteiger partial charge in [0.2, 0.25) is 0 Å². The van der Waals surface area contributed by atoms with E-state index in [1.54, 1.807) is 46.8 Å². The van der Waals surface area contributed by atoms with Gasteiger partial charge >= 0.3 is 12.1 Å². The van der Waals surface area contributed by atoms with Gasteiger partial charge in [-0.25, -0.2) is 18.4 Å². The first-order valence-electron chi connectivity index (χ1n) is 16.6. The van der Waals surface area contributed by atoms with Crippen molar-refractivity contribution in [2.45, 2.75) is 65.2 Å². The average molecular weight is 727 g/mol. The molecule has 4 rings (SSSR count). The first-order valence-corrected chi connectivity index (χ1v) is 16.6. The molecular weight excluding hydrogens is 682 g/mol. The van der Waals surface area contributed by atoms with E-state index in [0.717, 1.165) is 12.1 Å². The number of nitrogens with zero attached hydrogens (tertiary/aromatic N) is 1. The van der Waals surface area contributed by atoms with Crippen molar-refractivity contribution in [2.24, 2.45) is 0 Å². The van der Waals surface area contributed by atoms with E-state index in [4.69, 9.17) is 28.4 Å². The van der Waals surface area contributed by atoms with Crippen molar-refractivity contribution in [1.29, 1.82) is 0 Å². The lowest BCUT2D eigenvalue weighted by Gasteiger charge is -2.30.